The largest absolute Gasteiger partial charge is 0.741 e. The zero-order valence-corrected chi connectivity index (χ0v) is 17.5. The molecule has 2 rings (SSSR count). The minimum absolute atomic E-state index is 0.827. The second-order valence-electron chi connectivity index (χ2n) is 5.18. The smallest absolute Gasteiger partial charge is 0.500 e. The molecule has 0 N–H and O–H groups in total. The number of hydrogen-bond donors (Lipinski definition) is 0. The van der Waals surface area contributed by atoms with Crippen LogP contribution in [0, 0.1) is 0 Å². The molecule has 1 aromatic carbocycles. The van der Waals surface area contributed by atoms with E-state index in [0.29, 0.717) is 0 Å². The van der Waals surface area contributed by atoms with Crippen molar-refractivity contribution in [1.29, 1.82) is 0 Å². The van der Waals surface area contributed by atoms with Gasteiger partial charge in [0.1, 0.15) is 11.2 Å². The van der Waals surface area contributed by atoms with Crippen LogP contribution in [0.2, 0.25) is 6.04 Å². The Morgan fingerprint density at radius 1 is 1.15 bits per heavy atom. The van der Waals surface area contributed by atoms with E-state index in [2.05, 4.69) is 34.3 Å². The highest BCUT2D eigenvalue weighted by Crippen LogP contribution is 2.20. The first-order valence-electron chi connectivity index (χ1n) is 7.53. The summed E-state index contributed by atoms with van der Waals surface area (Å²) in [5.74, 6) is 0. The van der Waals surface area contributed by atoms with Crippen LogP contribution in [0.1, 0.15) is 6.42 Å². The highest BCUT2D eigenvalue weighted by Gasteiger charge is 2.38. The molecule has 0 amide bonds. The van der Waals surface area contributed by atoms with Crippen molar-refractivity contribution >= 4 is 40.5 Å². The maximum Gasteiger partial charge on any atom is 0.500 e. The van der Waals surface area contributed by atoms with Crippen LogP contribution in [0.15, 0.2) is 29.8 Å². The molecule has 13 heteroatoms. The van der Waals surface area contributed by atoms with Crippen molar-refractivity contribution < 1.29 is 44.0 Å². The zero-order valence-electron chi connectivity index (χ0n) is 14.9. The monoisotopic (exact) mass is 447 g/mol. The molecule has 0 aliphatic rings. The Balaban J connectivity index is 0.000000387. The van der Waals surface area contributed by atoms with E-state index in [1.807, 2.05) is 0 Å². The van der Waals surface area contributed by atoms with Gasteiger partial charge in [0, 0.05) is 39.9 Å². The average Bonchev–Trinajstić information content (AvgIpc) is 3.01. The molecule has 0 spiro atoms. The molecule has 1 aromatic heterocycles. The van der Waals surface area contributed by atoms with Crippen molar-refractivity contribution in [3.05, 3.63) is 29.8 Å². The fourth-order valence-corrected chi connectivity index (χ4v) is 4.79. The number of aryl methyl sites for hydroxylation is 1. The Bertz CT molecular complexity index is 815. The number of benzene rings is 1. The van der Waals surface area contributed by atoms with E-state index in [-0.39, 0.29) is 0 Å². The number of nitrogens with zero attached hydrogens (tertiary/aromatic N) is 1. The Kier molecular flexibility index (Phi) is 8.79. The zero-order chi connectivity index (χ0) is 20.7. The molecule has 0 aliphatic heterocycles. The lowest BCUT2D eigenvalue weighted by molar-refractivity contribution is -0.667. The maximum atomic E-state index is 10.7. The van der Waals surface area contributed by atoms with Crippen LogP contribution in [0.3, 0.4) is 0 Å². The molecular weight excluding hydrogens is 427 g/mol. The van der Waals surface area contributed by atoms with Crippen LogP contribution in [0.5, 0.6) is 0 Å². The predicted molar refractivity (Wildman–Crippen MR) is 94.0 cm³/mol. The molecule has 0 saturated carbocycles. The third kappa shape index (κ3) is 6.78. The van der Waals surface area contributed by atoms with Crippen LogP contribution < -0.4 is 4.57 Å². The molecule has 0 bridgehead atoms. The van der Waals surface area contributed by atoms with E-state index in [0.717, 1.165) is 19.0 Å². The number of hydrogen-bond acceptors (Lipinski definition) is 7. The van der Waals surface area contributed by atoms with Crippen molar-refractivity contribution in [2.24, 2.45) is 0 Å². The van der Waals surface area contributed by atoms with Crippen molar-refractivity contribution in [2.45, 2.75) is 24.5 Å². The lowest BCUT2D eigenvalue weighted by Gasteiger charge is -2.23. The van der Waals surface area contributed by atoms with E-state index >= 15 is 0 Å². The average molecular weight is 448 g/mol. The molecule has 0 saturated heterocycles. The van der Waals surface area contributed by atoms with Gasteiger partial charge in [0.15, 0.2) is 10.1 Å². The number of halogens is 3. The number of para-hydroxylation sites is 1. The van der Waals surface area contributed by atoms with Gasteiger partial charge in [-0.15, -0.1) is 0 Å². The number of aromatic nitrogens is 1. The third-order valence-electron chi connectivity index (χ3n) is 3.58. The molecule has 0 atom stereocenters. The lowest BCUT2D eigenvalue weighted by atomic mass is 10.3. The van der Waals surface area contributed by atoms with Crippen LogP contribution in [0.4, 0.5) is 13.2 Å². The van der Waals surface area contributed by atoms with Crippen molar-refractivity contribution in [1.82, 2.24) is 0 Å². The summed E-state index contributed by atoms with van der Waals surface area (Å²) in [6, 6.07) is 9.27. The van der Waals surface area contributed by atoms with Gasteiger partial charge in [-0.2, -0.15) is 17.7 Å². The van der Waals surface area contributed by atoms with Crippen molar-refractivity contribution in [2.75, 3.05) is 21.3 Å². The first-order valence-corrected chi connectivity index (χ1v) is 11.7. The SMILES string of the molecule is CO[Si](CCC[n+]1csc2ccccc21)(OC)OC.O=S(=O)([O-])C(F)(F)F. The van der Waals surface area contributed by atoms with Gasteiger partial charge in [0.2, 0.25) is 11.0 Å². The number of rotatable bonds is 7. The molecule has 0 aliphatic carbocycles. The Morgan fingerprint density at radius 3 is 2.15 bits per heavy atom. The highest BCUT2D eigenvalue weighted by molar-refractivity contribution is 7.86. The third-order valence-corrected chi connectivity index (χ3v) is 7.94. The Hall–Kier alpha value is -1.09. The van der Waals surface area contributed by atoms with Gasteiger partial charge in [0.05, 0.1) is 0 Å². The molecule has 0 unspecified atom stereocenters. The standard InChI is InChI=1S/C13H20NO3SSi.CHF3O3S/c1-15-19(16-2,17-3)10-6-9-14-11-18-13-8-5-4-7-12(13)14;2-1(3,4)8(5,6)7/h4-5,7-8,11H,6,9-10H2,1-3H3;(H,5,6,7)/q+1;/p-1. The minimum Gasteiger partial charge on any atom is -0.741 e. The summed E-state index contributed by atoms with van der Waals surface area (Å²) in [5.41, 5.74) is -2.19. The fraction of sp³-hybridized carbons (Fsp3) is 0.500. The highest BCUT2D eigenvalue weighted by atomic mass is 32.2. The second kappa shape index (κ2) is 9.91. The summed E-state index contributed by atoms with van der Waals surface area (Å²) >= 11 is 1.77. The van der Waals surface area contributed by atoms with Crippen molar-refractivity contribution in [3.63, 3.8) is 0 Å². The van der Waals surface area contributed by atoms with E-state index in [1.165, 1.54) is 10.2 Å². The van der Waals surface area contributed by atoms with Gasteiger partial charge in [-0.25, -0.2) is 8.42 Å². The quantitative estimate of drug-likeness (QED) is 0.280. The van der Waals surface area contributed by atoms with E-state index in [4.69, 9.17) is 26.2 Å². The van der Waals surface area contributed by atoms with E-state index < -0.39 is 24.4 Å². The van der Waals surface area contributed by atoms with Gasteiger partial charge < -0.3 is 17.8 Å². The molecule has 2 aromatic rings. The van der Waals surface area contributed by atoms with Gasteiger partial charge in [-0.3, -0.25) is 0 Å². The topological polar surface area (TPSA) is 88.8 Å². The number of thiazole rings is 1. The summed E-state index contributed by atoms with van der Waals surface area (Å²) in [7, 11) is -3.54. The summed E-state index contributed by atoms with van der Waals surface area (Å²) < 4.78 is 78.8. The Morgan fingerprint density at radius 2 is 1.67 bits per heavy atom. The molecule has 1 heterocycles. The van der Waals surface area contributed by atoms with Crippen molar-refractivity contribution in [3.8, 4) is 0 Å². The fourth-order valence-electron chi connectivity index (χ4n) is 2.17. The molecule has 0 radical (unpaired) electrons. The van der Waals surface area contributed by atoms with Gasteiger partial charge in [0.25, 0.3) is 0 Å². The maximum absolute atomic E-state index is 10.7. The molecule has 27 heavy (non-hydrogen) atoms. The first-order chi connectivity index (χ1) is 12.5. The van der Waals surface area contributed by atoms with Gasteiger partial charge in [-0.1, -0.05) is 23.5 Å². The van der Waals surface area contributed by atoms with Crippen LogP contribution in [-0.4, -0.2) is 48.6 Å². The van der Waals surface area contributed by atoms with Crippen LogP contribution in [-0.2, 0) is 29.9 Å². The summed E-state index contributed by atoms with van der Waals surface area (Å²) in [6.45, 7) is 0.953. The molecule has 0 fully saturated rings. The summed E-state index contributed by atoms with van der Waals surface area (Å²) in [6.07, 6.45) is 0.979. The summed E-state index contributed by atoms with van der Waals surface area (Å²) in [5, 5.41) is 0. The summed E-state index contributed by atoms with van der Waals surface area (Å²) in [4.78, 5) is 0. The Labute approximate surface area is 160 Å². The second-order valence-corrected chi connectivity index (χ2v) is 10.5. The van der Waals surface area contributed by atoms with E-state index in [1.54, 1.807) is 32.7 Å². The van der Waals surface area contributed by atoms with Crippen LogP contribution >= 0.6 is 11.3 Å². The normalized spacial score (nSPS) is 12.7. The number of fused-ring (bicyclic) bond motifs is 1. The van der Waals surface area contributed by atoms with Crippen LogP contribution in [0.25, 0.3) is 10.2 Å². The van der Waals surface area contributed by atoms with Gasteiger partial charge in [-0.05, 0) is 6.07 Å². The molecule has 7 nitrogen and oxygen atoms in total. The molecular formula is C14H20F3NO6S2Si. The molecule has 154 valence electrons. The minimum atomic E-state index is -6.09. The lowest BCUT2D eigenvalue weighted by Crippen LogP contribution is -2.43. The number of alkyl halides is 3. The van der Waals surface area contributed by atoms with E-state index in [9.17, 15) is 13.2 Å². The predicted octanol–water partition coefficient (Wildman–Crippen LogP) is 2.51. The first kappa shape index (κ1) is 23.9. The van der Waals surface area contributed by atoms with Gasteiger partial charge >= 0.3 is 14.3 Å².